The number of halogens is 5. The van der Waals surface area contributed by atoms with Crippen LogP contribution in [0, 0.1) is 34.1 Å². The van der Waals surface area contributed by atoms with Gasteiger partial charge in [0.1, 0.15) is 82.9 Å². The molecule has 0 saturated carbocycles. The second-order valence-corrected chi connectivity index (χ2v) is 28.5. The van der Waals surface area contributed by atoms with E-state index in [-0.39, 0.29) is 78.0 Å². The molecule has 0 unspecified atom stereocenters. The Morgan fingerprint density at radius 1 is 0.400 bits per heavy atom. The van der Waals surface area contributed by atoms with Crippen molar-refractivity contribution < 1.29 is 55.9 Å². The van der Waals surface area contributed by atoms with Gasteiger partial charge in [-0.05, 0) is 152 Å². The molecule has 0 aliphatic heterocycles. The Hall–Kier alpha value is -13.6. The number of ketones is 5. The molecule has 0 aliphatic carbocycles. The average molecular weight is 1750 g/mol. The number of hydrogen-bond acceptors (Lipinski definition) is 20. The fourth-order valence-corrected chi connectivity index (χ4v) is 12.1. The monoisotopic (exact) mass is 1740 g/mol. The number of aliphatic imine (C=N–C) groups is 5. The van der Waals surface area contributed by atoms with Crippen LogP contribution < -0.4 is 0 Å². The Bertz CT molecular complexity index is 6000. The number of nitro benzene ring substituents is 2. The second kappa shape index (κ2) is 45.2. The van der Waals surface area contributed by atoms with Crippen LogP contribution >= 0.6 is 62.3 Å². The van der Waals surface area contributed by atoms with Gasteiger partial charge in [-0.1, -0.05) is 190 Å². The normalized spacial score (nSPS) is 11.0. The van der Waals surface area contributed by atoms with Crippen LogP contribution in [-0.4, -0.2) is 108 Å². The maximum absolute atomic E-state index is 12.2. The summed E-state index contributed by atoms with van der Waals surface area (Å²) >= 11 is 27.8. The molecule has 0 spiro atoms. The van der Waals surface area contributed by atoms with Crippen LogP contribution in [0.2, 0.25) is 20.1 Å². The first-order valence-electron chi connectivity index (χ1n) is 36.9. The highest BCUT2D eigenvalue weighted by molar-refractivity contribution is 9.10. The number of carbonyl (C=O) groups excluding carboxylic acids is 5. The molecule has 6 heterocycles. The summed E-state index contributed by atoms with van der Waals surface area (Å²) in [6, 6.07) is 78.5. The zero-order chi connectivity index (χ0) is 85.3. The summed E-state index contributed by atoms with van der Waals surface area (Å²) in [5, 5.41) is 23.0. The van der Waals surface area contributed by atoms with Crippen LogP contribution in [0.15, 0.2) is 325 Å². The molecule has 0 fully saturated rings. The number of hydrogen-bond donors (Lipinski definition) is 0. The van der Waals surface area contributed by atoms with E-state index in [4.69, 9.17) is 68.5 Å². The van der Waals surface area contributed by atoms with Gasteiger partial charge in [-0.15, -0.1) is 0 Å². The van der Waals surface area contributed by atoms with Gasteiger partial charge in [-0.3, -0.25) is 74.1 Å². The molecule has 27 heteroatoms. The molecular weight excluding hydrogens is 1670 g/mol. The lowest BCUT2D eigenvalue weighted by Crippen LogP contribution is -2.06. The molecule has 14 aromatic rings. The molecule has 120 heavy (non-hydrogen) atoms. The number of rotatable bonds is 28. The van der Waals surface area contributed by atoms with Crippen LogP contribution in [0.4, 0.5) is 11.4 Å². The highest BCUT2D eigenvalue weighted by Crippen LogP contribution is 2.36. The lowest BCUT2D eigenvalue weighted by atomic mass is 10.1. The number of pyridine rings is 1. The maximum atomic E-state index is 12.2. The summed E-state index contributed by atoms with van der Waals surface area (Å²) < 4.78 is 29.3. The van der Waals surface area contributed by atoms with Crippen molar-refractivity contribution in [3.63, 3.8) is 0 Å². The molecule has 0 amide bonds. The molecule has 8 aromatic carbocycles. The predicted octanol–water partition coefficient (Wildman–Crippen LogP) is 23.5. The molecule has 604 valence electrons. The SMILES string of the molecule is CCC(=O)CN=Cc1ccc(-c2ccccc2)o1.Cc1ccc(C(=O)CN=Cc2ccc(-c3ccc(Br)cc3)o2)cc1.Cc1ccc(C(=O)CN=Cc2ccc(-c3ccc([N+](=O)[O-])cc3)o2)c(Cl)c1.O=C(CN=Cc1ccc(-c2ccc([N+](=O)[O-])cc2Cl)o1)Cc1ccccc1.O=C(CN=Cc1ccc(-c2cccc(Cl)c2Cl)o1)c1ccccn1. The highest BCUT2D eigenvalue weighted by atomic mass is 79.9. The maximum Gasteiger partial charge on any atom is 0.270 e. The number of nitro groups is 2. The minimum absolute atomic E-state index is 0.00245. The zero-order valence-electron chi connectivity index (χ0n) is 64.5. The van der Waals surface area contributed by atoms with Crippen molar-refractivity contribution in [1.29, 1.82) is 0 Å². The van der Waals surface area contributed by atoms with Gasteiger partial charge in [0, 0.05) is 86.7 Å². The summed E-state index contributed by atoms with van der Waals surface area (Å²) in [7, 11) is 0. The van der Waals surface area contributed by atoms with E-state index in [0.29, 0.717) is 108 Å². The van der Waals surface area contributed by atoms with Crippen molar-refractivity contribution in [1.82, 2.24) is 4.98 Å². The van der Waals surface area contributed by atoms with Gasteiger partial charge in [-0.2, -0.15) is 0 Å². The molecule has 0 bridgehead atoms. The Labute approximate surface area is 717 Å². The van der Waals surface area contributed by atoms with Crippen molar-refractivity contribution in [2.75, 3.05) is 32.7 Å². The number of non-ortho nitro benzene ring substituents is 2. The van der Waals surface area contributed by atoms with Crippen molar-refractivity contribution in [3.05, 3.63) is 380 Å². The van der Waals surface area contributed by atoms with Crippen molar-refractivity contribution >= 4 is 134 Å². The molecule has 6 aromatic heterocycles. The van der Waals surface area contributed by atoms with E-state index in [9.17, 15) is 44.2 Å². The molecular formula is C93H73BrCl4N8O14. The molecule has 0 atom stereocenters. The minimum atomic E-state index is -0.512. The third kappa shape index (κ3) is 27.5. The van der Waals surface area contributed by atoms with E-state index in [1.807, 2.05) is 166 Å². The molecule has 14 rings (SSSR count). The Kier molecular flexibility index (Phi) is 33.5. The minimum Gasteiger partial charge on any atom is -0.455 e. The van der Waals surface area contributed by atoms with Gasteiger partial charge in [0.05, 0.1) is 74.1 Å². The first kappa shape index (κ1) is 88.8. The summed E-state index contributed by atoms with van der Waals surface area (Å²) in [5.74, 6) is 5.72. The van der Waals surface area contributed by atoms with Crippen molar-refractivity contribution in [3.8, 4) is 56.6 Å². The number of aryl methyl sites for hydroxylation is 2. The van der Waals surface area contributed by atoms with Crippen LogP contribution in [0.3, 0.4) is 0 Å². The number of benzene rings is 8. The quantitative estimate of drug-likeness (QED) is 0.0190. The number of aromatic nitrogens is 1. The van der Waals surface area contributed by atoms with E-state index in [0.717, 1.165) is 43.8 Å². The van der Waals surface area contributed by atoms with E-state index in [2.05, 4.69) is 45.9 Å². The second-order valence-electron chi connectivity index (χ2n) is 26.0. The van der Waals surface area contributed by atoms with E-state index >= 15 is 0 Å². The highest BCUT2D eigenvalue weighted by Gasteiger charge is 2.17. The predicted molar refractivity (Wildman–Crippen MR) is 474 cm³/mol. The van der Waals surface area contributed by atoms with Crippen LogP contribution in [-0.2, 0) is 16.0 Å². The van der Waals surface area contributed by atoms with Gasteiger partial charge in [0.15, 0.2) is 23.1 Å². The van der Waals surface area contributed by atoms with Crippen molar-refractivity contribution in [2.24, 2.45) is 25.0 Å². The van der Waals surface area contributed by atoms with E-state index < -0.39 is 9.85 Å². The summed E-state index contributed by atoms with van der Waals surface area (Å²) in [4.78, 5) is 104. The van der Waals surface area contributed by atoms with Gasteiger partial charge >= 0.3 is 0 Å². The fourth-order valence-electron chi connectivity index (χ4n) is 10.8. The first-order chi connectivity index (χ1) is 58.0. The lowest BCUT2D eigenvalue weighted by molar-refractivity contribution is -0.385. The molecule has 22 nitrogen and oxygen atoms in total. The van der Waals surface area contributed by atoms with Gasteiger partial charge in [-0.25, -0.2) is 0 Å². The zero-order valence-corrected chi connectivity index (χ0v) is 69.1. The van der Waals surface area contributed by atoms with Gasteiger partial charge in [0.2, 0.25) is 5.78 Å². The molecule has 0 aliphatic rings. The number of Topliss-reactive ketones (excluding diaryl/α,β-unsaturated/α-hetero) is 5. The Morgan fingerprint density at radius 3 is 1.36 bits per heavy atom. The molecule has 0 radical (unpaired) electrons. The standard InChI is InChI=1S/C20H16BrNO2.2C20H15ClN2O4.C18H12Cl2N2O2.C15H15NO2/c1-14-2-4-15(5-3-14)19(23)13-22-12-18-10-11-20(24-18)16-6-8-17(21)9-7-16;1-13-2-8-17(18(21)10-13)19(24)12-22-11-16-7-9-20(27-16)14-3-5-15(6-4-14)23(25)26;21-19-11-15(23(25)26)6-8-18(19)20-9-7-17(27-20)13-22-12-16(24)10-14-4-2-1-3-5-14;19-14-5-3-4-13(18(14)20)17-8-7-12(24-17)10-21-11-16(23)15-6-1-2-9-22-15;1-2-13(17)10-16-11-14-8-9-15(18-14)12-6-4-3-5-7-12/h2-12H,13H2,1H3;2-11H,12H2,1H3;1-9,11,13H,10,12H2;1-10H,11H2;3-9,11H,2,10H2,1H3. The van der Waals surface area contributed by atoms with Crippen LogP contribution in [0.1, 0.15) is 90.0 Å². The smallest absolute Gasteiger partial charge is 0.270 e. The Balaban J connectivity index is 0.000000159. The first-order valence-corrected chi connectivity index (χ1v) is 39.2. The van der Waals surface area contributed by atoms with Crippen molar-refractivity contribution in [2.45, 2.75) is 33.6 Å². The average Bonchev–Trinajstić information content (AvgIpc) is 1.70. The Morgan fingerprint density at radius 2 is 0.850 bits per heavy atom. The van der Waals surface area contributed by atoms with E-state index in [1.165, 1.54) is 49.0 Å². The fraction of sp³-hybridized carbons (Fsp3) is 0.108. The molecule has 0 N–H and O–H groups in total. The van der Waals surface area contributed by atoms with Crippen LogP contribution in [0.5, 0.6) is 0 Å². The lowest BCUT2D eigenvalue weighted by Gasteiger charge is -2.02. The van der Waals surface area contributed by atoms with Gasteiger partial charge < -0.3 is 22.1 Å². The van der Waals surface area contributed by atoms with Gasteiger partial charge in [0.25, 0.3) is 11.4 Å². The number of nitrogens with zero attached hydrogens (tertiary/aromatic N) is 8. The largest absolute Gasteiger partial charge is 0.455 e. The molecule has 0 saturated heterocycles. The van der Waals surface area contributed by atoms with E-state index in [1.54, 1.807) is 110 Å². The summed E-state index contributed by atoms with van der Waals surface area (Å²) in [6.45, 7) is 6.07. The third-order valence-electron chi connectivity index (χ3n) is 17.0. The summed E-state index contributed by atoms with van der Waals surface area (Å²) in [6.07, 6.45) is 10.1. The summed E-state index contributed by atoms with van der Waals surface area (Å²) in [5.41, 5.74) is 8.47. The third-order valence-corrected chi connectivity index (χ3v) is 19.0. The number of furan rings is 5. The number of carbonyl (C=O) groups is 5. The van der Waals surface area contributed by atoms with Crippen LogP contribution in [0.25, 0.3) is 56.6 Å². The topological polar surface area (TPSA) is 312 Å².